The zero-order valence-electron chi connectivity index (χ0n) is 19.7. The van der Waals surface area contributed by atoms with Crippen LogP contribution in [0.3, 0.4) is 0 Å². The van der Waals surface area contributed by atoms with E-state index in [1.165, 1.54) is 0 Å². The van der Waals surface area contributed by atoms with E-state index in [9.17, 15) is 51.1 Å². The first kappa shape index (κ1) is 30.9. The Kier molecular flexibility index (Phi) is 11.3. The van der Waals surface area contributed by atoms with Crippen molar-refractivity contribution in [1.29, 1.82) is 0 Å². The van der Waals surface area contributed by atoms with Gasteiger partial charge in [0.15, 0.2) is 18.9 Å². The number of nitrogens with two attached hydrogens (primary N) is 1. The lowest BCUT2D eigenvalue weighted by atomic mass is 9.97. The molecule has 3 heterocycles. The van der Waals surface area contributed by atoms with Gasteiger partial charge in [-0.3, -0.25) is 0 Å². The standard InChI is InChI=1S/C20H37NO16/c21-1-2-32-18-16(31)13(28)17(7(4-23)35-18)37-20-15(30)12(27)10(25)8(36-20)5-33-19-14(29)11(26)9(24)6(3-22)34-19/h6-20,22-31H,1-5,21H2/t6-,7-,8-,9+,10+,11+,12+,13-,14-,15-,16-,17-,18-,19+,20+/m1/s1. The minimum absolute atomic E-state index is 0.0111. The first-order valence-electron chi connectivity index (χ1n) is 11.8. The number of hydrogen-bond donors (Lipinski definition) is 11. The van der Waals surface area contributed by atoms with Crippen LogP contribution >= 0.6 is 0 Å². The molecule has 0 spiro atoms. The minimum Gasteiger partial charge on any atom is -0.394 e. The summed E-state index contributed by atoms with van der Waals surface area (Å²) in [6.07, 6.45) is -23.9. The molecule has 3 fully saturated rings. The zero-order valence-corrected chi connectivity index (χ0v) is 19.7. The van der Waals surface area contributed by atoms with Crippen LogP contribution in [0, 0.1) is 0 Å². The molecule has 3 rings (SSSR count). The monoisotopic (exact) mass is 547 g/mol. The van der Waals surface area contributed by atoms with Gasteiger partial charge in [0.25, 0.3) is 0 Å². The summed E-state index contributed by atoms with van der Waals surface area (Å²) < 4.78 is 32.2. The Morgan fingerprint density at radius 2 is 1.03 bits per heavy atom. The first-order chi connectivity index (χ1) is 17.5. The number of aliphatic hydroxyl groups is 10. The van der Waals surface area contributed by atoms with Gasteiger partial charge in [-0.1, -0.05) is 0 Å². The largest absolute Gasteiger partial charge is 0.394 e. The molecular formula is C20H37NO16. The van der Waals surface area contributed by atoms with Crippen molar-refractivity contribution in [2.24, 2.45) is 5.73 Å². The Bertz CT molecular complexity index is 689. The Morgan fingerprint density at radius 1 is 0.541 bits per heavy atom. The van der Waals surface area contributed by atoms with Crippen molar-refractivity contribution in [2.45, 2.75) is 92.1 Å². The van der Waals surface area contributed by atoms with E-state index >= 15 is 0 Å². The molecule has 17 heteroatoms. The van der Waals surface area contributed by atoms with Crippen LogP contribution in [0.5, 0.6) is 0 Å². The fourth-order valence-corrected chi connectivity index (χ4v) is 4.26. The molecule has 218 valence electrons. The number of rotatable bonds is 10. The first-order valence-corrected chi connectivity index (χ1v) is 11.8. The Labute approximate surface area is 211 Å². The van der Waals surface area contributed by atoms with E-state index in [-0.39, 0.29) is 13.2 Å². The predicted octanol–water partition coefficient (Wildman–Crippen LogP) is -7.59. The third-order valence-corrected chi connectivity index (χ3v) is 6.45. The average molecular weight is 548 g/mol. The number of aliphatic hydroxyl groups excluding tert-OH is 10. The van der Waals surface area contributed by atoms with Gasteiger partial charge in [0, 0.05) is 6.54 Å². The lowest BCUT2D eigenvalue weighted by molar-refractivity contribution is -0.365. The van der Waals surface area contributed by atoms with Gasteiger partial charge in [-0.05, 0) is 0 Å². The molecule has 17 nitrogen and oxygen atoms in total. The molecule has 0 aromatic carbocycles. The van der Waals surface area contributed by atoms with Crippen LogP contribution < -0.4 is 5.73 Å². The summed E-state index contributed by atoms with van der Waals surface area (Å²) in [5, 5.41) is 101. The summed E-state index contributed by atoms with van der Waals surface area (Å²) in [6, 6.07) is 0. The van der Waals surface area contributed by atoms with Gasteiger partial charge in [-0.25, -0.2) is 0 Å². The van der Waals surface area contributed by atoms with Crippen molar-refractivity contribution in [3.63, 3.8) is 0 Å². The Balaban J connectivity index is 1.66. The van der Waals surface area contributed by atoms with E-state index in [0.717, 1.165) is 0 Å². The Hall–Kier alpha value is -0.680. The highest BCUT2D eigenvalue weighted by Gasteiger charge is 2.51. The molecule has 0 aromatic rings. The van der Waals surface area contributed by atoms with E-state index in [1.54, 1.807) is 0 Å². The summed E-state index contributed by atoms with van der Waals surface area (Å²) in [7, 11) is 0. The summed E-state index contributed by atoms with van der Waals surface area (Å²) in [4.78, 5) is 0. The summed E-state index contributed by atoms with van der Waals surface area (Å²) in [5.74, 6) is 0. The number of ether oxygens (including phenoxy) is 6. The molecule has 3 aliphatic rings. The average Bonchev–Trinajstić information content (AvgIpc) is 2.89. The zero-order chi connectivity index (χ0) is 27.4. The van der Waals surface area contributed by atoms with Gasteiger partial charge in [-0.15, -0.1) is 0 Å². The van der Waals surface area contributed by atoms with E-state index in [2.05, 4.69) is 0 Å². The lowest BCUT2D eigenvalue weighted by Gasteiger charge is -2.46. The van der Waals surface area contributed by atoms with Crippen molar-refractivity contribution < 1.29 is 79.5 Å². The highest BCUT2D eigenvalue weighted by atomic mass is 16.8. The van der Waals surface area contributed by atoms with Crippen molar-refractivity contribution in [2.75, 3.05) is 33.0 Å². The molecular weight excluding hydrogens is 510 g/mol. The third-order valence-electron chi connectivity index (χ3n) is 6.45. The second-order valence-corrected chi connectivity index (χ2v) is 9.01. The molecule has 37 heavy (non-hydrogen) atoms. The van der Waals surface area contributed by atoms with Crippen molar-refractivity contribution in [3.05, 3.63) is 0 Å². The fraction of sp³-hybridized carbons (Fsp3) is 1.00. The van der Waals surface area contributed by atoms with Crippen molar-refractivity contribution >= 4 is 0 Å². The van der Waals surface area contributed by atoms with Crippen molar-refractivity contribution in [1.82, 2.24) is 0 Å². The smallest absolute Gasteiger partial charge is 0.187 e. The van der Waals surface area contributed by atoms with Gasteiger partial charge in [0.1, 0.15) is 73.2 Å². The van der Waals surface area contributed by atoms with Gasteiger partial charge >= 0.3 is 0 Å². The second kappa shape index (κ2) is 13.6. The van der Waals surface area contributed by atoms with Crippen molar-refractivity contribution in [3.8, 4) is 0 Å². The quantitative estimate of drug-likeness (QED) is 0.121. The van der Waals surface area contributed by atoms with Crippen LogP contribution in [0.4, 0.5) is 0 Å². The fourth-order valence-electron chi connectivity index (χ4n) is 4.26. The van der Waals surface area contributed by atoms with Gasteiger partial charge in [-0.2, -0.15) is 0 Å². The SMILES string of the molecule is NCCO[C@@H]1O[C@H](CO)[C@@H](O[C@@H]2O[C@H](CO[C@H]3O[C@H](CO)[C@H](O)[C@H](O)[C@H]3O)[C@H](O)[C@H](O)[C@H]2O)[C@H](O)[C@H]1O. The van der Waals surface area contributed by atoms with Crippen LogP contribution in [0.1, 0.15) is 0 Å². The molecule has 3 saturated heterocycles. The van der Waals surface area contributed by atoms with Crippen LogP contribution in [-0.4, -0.2) is 176 Å². The molecule has 0 unspecified atom stereocenters. The molecule has 0 radical (unpaired) electrons. The molecule has 15 atom stereocenters. The van der Waals surface area contributed by atoms with E-state index in [4.69, 9.17) is 34.2 Å². The molecule has 0 aromatic heterocycles. The molecule has 0 amide bonds. The van der Waals surface area contributed by atoms with Gasteiger partial charge in [0.2, 0.25) is 0 Å². The van der Waals surface area contributed by atoms with Crippen LogP contribution in [0.2, 0.25) is 0 Å². The summed E-state index contributed by atoms with van der Waals surface area (Å²) >= 11 is 0. The predicted molar refractivity (Wildman–Crippen MR) is 114 cm³/mol. The minimum atomic E-state index is -1.85. The highest BCUT2D eigenvalue weighted by molar-refractivity contribution is 4.95. The topological polar surface area (TPSA) is 284 Å². The van der Waals surface area contributed by atoms with Gasteiger partial charge < -0.3 is 85.2 Å². The summed E-state index contributed by atoms with van der Waals surface area (Å²) in [6.45, 7) is -1.91. The van der Waals surface area contributed by atoms with Crippen LogP contribution in [0.15, 0.2) is 0 Å². The van der Waals surface area contributed by atoms with E-state index in [1.807, 2.05) is 0 Å². The lowest BCUT2D eigenvalue weighted by Crippen LogP contribution is -2.65. The van der Waals surface area contributed by atoms with E-state index < -0.39 is 112 Å². The van der Waals surface area contributed by atoms with Crippen LogP contribution in [0.25, 0.3) is 0 Å². The maximum atomic E-state index is 10.5. The maximum absolute atomic E-state index is 10.5. The summed E-state index contributed by atoms with van der Waals surface area (Å²) in [5.41, 5.74) is 5.35. The second-order valence-electron chi connectivity index (χ2n) is 9.01. The van der Waals surface area contributed by atoms with E-state index in [0.29, 0.717) is 0 Å². The Morgan fingerprint density at radius 3 is 1.62 bits per heavy atom. The third kappa shape index (κ3) is 6.73. The maximum Gasteiger partial charge on any atom is 0.187 e. The molecule has 0 saturated carbocycles. The molecule has 12 N–H and O–H groups in total. The van der Waals surface area contributed by atoms with Crippen LogP contribution in [-0.2, 0) is 28.4 Å². The van der Waals surface area contributed by atoms with Gasteiger partial charge in [0.05, 0.1) is 26.4 Å². The molecule has 0 bridgehead atoms. The number of hydrogen-bond acceptors (Lipinski definition) is 17. The molecule has 0 aliphatic carbocycles. The normalized spacial score (nSPS) is 49.2. The molecule has 3 aliphatic heterocycles. The highest BCUT2D eigenvalue weighted by Crippen LogP contribution is 2.30.